The largest absolute Gasteiger partial charge is 0.573 e. The number of halogens is 4. The molecule has 0 saturated carbocycles. The number of hydrogen-bond donors (Lipinski definition) is 1. The van der Waals surface area contributed by atoms with Gasteiger partial charge in [-0.15, -0.1) is 13.2 Å². The highest BCUT2D eigenvalue weighted by Crippen LogP contribution is 2.35. The van der Waals surface area contributed by atoms with Crippen LogP contribution in [-0.2, 0) is 9.59 Å². The molecule has 0 aliphatic carbocycles. The highest BCUT2D eigenvalue weighted by Gasteiger charge is 2.38. The molecule has 1 heterocycles. The lowest BCUT2D eigenvalue weighted by Gasteiger charge is -2.29. The van der Waals surface area contributed by atoms with Crippen molar-refractivity contribution in [1.29, 1.82) is 0 Å². The minimum absolute atomic E-state index is 0.00527. The first-order valence-corrected chi connectivity index (χ1v) is 8.72. The van der Waals surface area contributed by atoms with Gasteiger partial charge in [-0.2, -0.15) is 0 Å². The van der Waals surface area contributed by atoms with Gasteiger partial charge in [-0.25, -0.2) is 0 Å². The van der Waals surface area contributed by atoms with Crippen LogP contribution in [0.15, 0.2) is 48.5 Å². The Morgan fingerprint density at radius 1 is 1.11 bits per heavy atom. The van der Waals surface area contributed by atoms with Crippen LogP contribution in [-0.4, -0.2) is 29.6 Å². The SMILES string of the molecule is NC(=O)C1CC(=O)N([C@H](c2ccc(Cl)cc2)c2ccc(OC(F)(F)F)cc2)C1. The summed E-state index contributed by atoms with van der Waals surface area (Å²) in [6, 6.07) is 11.4. The zero-order valence-corrected chi connectivity index (χ0v) is 15.2. The summed E-state index contributed by atoms with van der Waals surface area (Å²) in [5, 5.41) is 0.499. The van der Waals surface area contributed by atoms with Crippen LogP contribution in [0, 0.1) is 5.92 Å². The van der Waals surface area contributed by atoms with Gasteiger partial charge in [-0.05, 0) is 35.4 Å². The molecular weight excluding hydrogens is 397 g/mol. The molecule has 0 spiro atoms. The number of amides is 2. The third-order valence-corrected chi connectivity index (χ3v) is 4.74. The number of hydrogen-bond acceptors (Lipinski definition) is 3. The number of nitrogens with two attached hydrogens (primary N) is 1. The van der Waals surface area contributed by atoms with Crippen molar-refractivity contribution in [1.82, 2.24) is 4.90 Å². The van der Waals surface area contributed by atoms with Crippen molar-refractivity contribution in [3.63, 3.8) is 0 Å². The molecule has 1 fully saturated rings. The zero-order valence-electron chi connectivity index (χ0n) is 14.4. The Morgan fingerprint density at radius 2 is 1.64 bits per heavy atom. The number of benzene rings is 2. The first kappa shape index (κ1) is 20.0. The molecule has 0 radical (unpaired) electrons. The van der Waals surface area contributed by atoms with Crippen LogP contribution in [0.4, 0.5) is 13.2 Å². The maximum atomic E-state index is 12.5. The van der Waals surface area contributed by atoms with Gasteiger partial charge in [-0.1, -0.05) is 35.9 Å². The molecule has 28 heavy (non-hydrogen) atoms. The number of rotatable bonds is 5. The fraction of sp³-hybridized carbons (Fsp3) is 0.263. The molecule has 148 valence electrons. The summed E-state index contributed by atoms with van der Waals surface area (Å²) in [6.07, 6.45) is -4.80. The number of primary amides is 1. The van der Waals surface area contributed by atoms with Gasteiger partial charge in [0.15, 0.2) is 0 Å². The second-order valence-electron chi connectivity index (χ2n) is 6.42. The standard InChI is InChI=1S/C19H16ClF3N2O3/c20-14-5-1-11(2-6-14)17(25-10-13(18(24)27)9-16(25)26)12-3-7-15(8-4-12)28-19(21,22)23/h1-8,13,17H,9-10H2,(H2,24,27)/t13?,17-/m1/s1. The van der Waals surface area contributed by atoms with Crippen molar-refractivity contribution in [3.05, 3.63) is 64.7 Å². The highest BCUT2D eigenvalue weighted by atomic mass is 35.5. The third-order valence-electron chi connectivity index (χ3n) is 4.49. The summed E-state index contributed by atoms with van der Waals surface area (Å²) in [5.41, 5.74) is 6.61. The molecule has 5 nitrogen and oxygen atoms in total. The molecule has 9 heteroatoms. The van der Waals surface area contributed by atoms with Crippen molar-refractivity contribution in [2.75, 3.05) is 6.54 Å². The second-order valence-corrected chi connectivity index (χ2v) is 6.86. The van der Waals surface area contributed by atoms with E-state index in [-0.39, 0.29) is 24.6 Å². The monoisotopic (exact) mass is 412 g/mol. The van der Waals surface area contributed by atoms with Crippen LogP contribution < -0.4 is 10.5 Å². The number of carbonyl (C=O) groups excluding carboxylic acids is 2. The normalized spacial score (nSPS) is 18.2. The van der Waals surface area contributed by atoms with Gasteiger partial charge in [0.2, 0.25) is 11.8 Å². The fourth-order valence-electron chi connectivity index (χ4n) is 3.22. The average Bonchev–Trinajstić information content (AvgIpc) is 2.99. The van der Waals surface area contributed by atoms with E-state index in [4.69, 9.17) is 17.3 Å². The van der Waals surface area contributed by atoms with Gasteiger partial charge in [0, 0.05) is 18.0 Å². The van der Waals surface area contributed by atoms with Crippen molar-refractivity contribution in [2.45, 2.75) is 18.8 Å². The lowest BCUT2D eigenvalue weighted by Crippen LogP contribution is -2.32. The lowest BCUT2D eigenvalue weighted by atomic mass is 9.97. The number of ether oxygens (including phenoxy) is 1. The van der Waals surface area contributed by atoms with E-state index in [0.29, 0.717) is 16.1 Å². The summed E-state index contributed by atoms with van der Waals surface area (Å²) in [7, 11) is 0. The van der Waals surface area contributed by atoms with E-state index >= 15 is 0 Å². The molecule has 0 aromatic heterocycles. The summed E-state index contributed by atoms with van der Waals surface area (Å²) in [6.45, 7) is 0.127. The summed E-state index contributed by atoms with van der Waals surface area (Å²) in [5.74, 6) is -1.82. The molecule has 2 amide bonds. The summed E-state index contributed by atoms with van der Waals surface area (Å²) in [4.78, 5) is 25.5. The number of likely N-dealkylation sites (tertiary alicyclic amines) is 1. The van der Waals surface area contributed by atoms with Gasteiger partial charge in [0.25, 0.3) is 0 Å². The van der Waals surface area contributed by atoms with Crippen LogP contribution in [0.3, 0.4) is 0 Å². The first-order valence-electron chi connectivity index (χ1n) is 8.34. The molecule has 1 unspecified atom stereocenters. The topological polar surface area (TPSA) is 72.6 Å². The Balaban J connectivity index is 1.96. The maximum absolute atomic E-state index is 12.5. The van der Waals surface area contributed by atoms with Crippen LogP contribution in [0.2, 0.25) is 5.02 Å². The Bertz CT molecular complexity index is 869. The smallest absolute Gasteiger partial charge is 0.406 e. The Morgan fingerprint density at radius 3 is 2.11 bits per heavy atom. The Kier molecular flexibility index (Phi) is 5.51. The third kappa shape index (κ3) is 4.56. The van der Waals surface area contributed by atoms with Crippen LogP contribution >= 0.6 is 11.6 Å². The molecule has 2 aromatic rings. The molecule has 2 atom stereocenters. The fourth-order valence-corrected chi connectivity index (χ4v) is 3.35. The van der Waals surface area contributed by atoms with Crippen molar-refractivity contribution in [3.8, 4) is 5.75 Å². The Hall–Kier alpha value is -2.74. The van der Waals surface area contributed by atoms with Gasteiger partial charge >= 0.3 is 6.36 Å². The summed E-state index contributed by atoms with van der Waals surface area (Å²) < 4.78 is 41.1. The lowest BCUT2D eigenvalue weighted by molar-refractivity contribution is -0.274. The van der Waals surface area contributed by atoms with E-state index in [1.54, 1.807) is 24.3 Å². The molecule has 0 bridgehead atoms. The van der Waals surface area contributed by atoms with E-state index in [1.807, 2.05) is 0 Å². The summed E-state index contributed by atoms with van der Waals surface area (Å²) >= 11 is 5.93. The van der Waals surface area contributed by atoms with Crippen molar-refractivity contribution >= 4 is 23.4 Å². The predicted molar refractivity (Wildman–Crippen MR) is 95.4 cm³/mol. The minimum Gasteiger partial charge on any atom is -0.406 e. The van der Waals surface area contributed by atoms with Crippen molar-refractivity contribution < 1.29 is 27.5 Å². The predicted octanol–water partition coefficient (Wildman–Crippen LogP) is 3.66. The van der Waals surface area contributed by atoms with E-state index in [1.165, 1.54) is 29.2 Å². The van der Waals surface area contributed by atoms with Gasteiger partial charge < -0.3 is 15.4 Å². The first-order chi connectivity index (χ1) is 13.1. The van der Waals surface area contributed by atoms with Crippen LogP contribution in [0.1, 0.15) is 23.6 Å². The molecular formula is C19H16ClF3N2O3. The molecule has 2 aromatic carbocycles. The minimum atomic E-state index is -4.79. The number of alkyl halides is 3. The second kappa shape index (κ2) is 7.71. The molecule has 1 aliphatic rings. The Labute approximate surface area is 163 Å². The van der Waals surface area contributed by atoms with E-state index in [2.05, 4.69) is 4.74 Å². The van der Waals surface area contributed by atoms with Crippen molar-refractivity contribution in [2.24, 2.45) is 11.7 Å². The molecule has 1 aliphatic heterocycles. The maximum Gasteiger partial charge on any atom is 0.573 e. The number of nitrogens with zero attached hydrogens (tertiary/aromatic N) is 1. The zero-order chi connectivity index (χ0) is 20.5. The average molecular weight is 413 g/mol. The number of carbonyl (C=O) groups is 2. The van der Waals surface area contributed by atoms with Crippen LogP contribution in [0.25, 0.3) is 0 Å². The van der Waals surface area contributed by atoms with E-state index in [9.17, 15) is 22.8 Å². The van der Waals surface area contributed by atoms with Gasteiger partial charge in [-0.3, -0.25) is 9.59 Å². The quantitative estimate of drug-likeness (QED) is 0.814. The molecule has 1 saturated heterocycles. The molecule has 3 rings (SSSR count). The van der Waals surface area contributed by atoms with E-state index < -0.39 is 24.2 Å². The van der Waals surface area contributed by atoms with Crippen LogP contribution in [0.5, 0.6) is 5.75 Å². The highest BCUT2D eigenvalue weighted by molar-refractivity contribution is 6.30. The van der Waals surface area contributed by atoms with Gasteiger partial charge in [0.05, 0.1) is 12.0 Å². The van der Waals surface area contributed by atoms with E-state index in [0.717, 1.165) is 0 Å². The molecule has 2 N–H and O–H groups in total. The van der Waals surface area contributed by atoms with Gasteiger partial charge in [0.1, 0.15) is 5.75 Å².